The van der Waals surface area contributed by atoms with Gasteiger partial charge in [-0.15, -0.1) is 0 Å². The summed E-state index contributed by atoms with van der Waals surface area (Å²) < 4.78 is 18.5. The highest BCUT2D eigenvalue weighted by Crippen LogP contribution is 2.76. The van der Waals surface area contributed by atoms with Crippen LogP contribution in [-0.2, 0) is 28.6 Å². The molecular weight excluding hydrogens is 484 g/mol. The Hall–Kier alpha value is -2.70. The monoisotopic (exact) mass is 524 g/mol. The van der Waals surface area contributed by atoms with Crippen LogP contribution in [0.3, 0.4) is 0 Å². The fourth-order valence-corrected chi connectivity index (χ4v) is 9.29. The molecule has 0 heterocycles. The molecule has 0 amide bonds. The van der Waals surface area contributed by atoms with E-state index in [0.29, 0.717) is 18.4 Å². The highest BCUT2D eigenvalue weighted by molar-refractivity contribution is 5.89. The molecule has 206 valence electrons. The zero-order valence-corrected chi connectivity index (χ0v) is 23.4. The van der Waals surface area contributed by atoms with E-state index in [0.717, 1.165) is 19.3 Å². The molecule has 2 bridgehead atoms. The summed E-state index contributed by atoms with van der Waals surface area (Å²) in [6, 6.07) is 8.79. The van der Waals surface area contributed by atoms with Gasteiger partial charge < -0.3 is 14.2 Å². The molecule has 1 spiro atoms. The van der Waals surface area contributed by atoms with Crippen LogP contribution in [0.25, 0.3) is 0 Å². The van der Waals surface area contributed by atoms with Gasteiger partial charge in [-0.25, -0.2) is 4.79 Å². The van der Waals surface area contributed by atoms with Crippen LogP contribution in [0.5, 0.6) is 0 Å². The molecule has 7 heteroatoms. The molecule has 4 aliphatic rings. The van der Waals surface area contributed by atoms with Gasteiger partial charge in [-0.05, 0) is 55.1 Å². The van der Waals surface area contributed by atoms with Crippen molar-refractivity contribution in [1.29, 1.82) is 0 Å². The maximum Gasteiger partial charge on any atom is 0.338 e. The molecule has 7 nitrogen and oxygen atoms in total. The molecular formula is C31H40O7. The number of carbonyl (C=O) groups is 4. The van der Waals surface area contributed by atoms with Crippen molar-refractivity contribution in [3.05, 3.63) is 35.9 Å². The number of Topliss-reactive ketones (excluding diaryl/α,β-unsaturated/α-hetero) is 1. The topological polar surface area (TPSA) is 96.0 Å². The quantitative estimate of drug-likeness (QED) is 0.390. The number of ether oxygens (including phenoxy) is 3. The molecule has 5 rings (SSSR count). The molecule has 4 fully saturated rings. The lowest BCUT2D eigenvalue weighted by atomic mass is 9.36. The maximum absolute atomic E-state index is 13.5. The third-order valence-electron chi connectivity index (χ3n) is 10.8. The zero-order valence-electron chi connectivity index (χ0n) is 23.4. The molecule has 0 radical (unpaired) electrons. The van der Waals surface area contributed by atoms with Gasteiger partial charge in [-0.2, -0.15) is 0 Å². The number of esters is 3. The smallest absolute Gasteiger partial charge is 0.338 e. The number of rotatable bonds is 4. The van der Waals surface area contributed by atoms with Gasteiger partial charge in [0.25, 0.3) is 0 Å². The average Bonchev–Trinajstić information content (AvgIpc) is 3.16. The summed E-state index contributed by atoms with van der Waals surface area (Å²) in [6.07, 6.45) is 1.93. The van der Waals surface area contributed by atoms with E-state index < -0.39 is 46.5 Å². The third kappa shape index (κ3) is 3.83. The molecule has 0 saturated heterocycles. The summed E-state index contributed by atoms with van der Waals surface area (Å²) >= 11 is 0. The largest absolute Gasteiger partial charge is 0.462 e. The van der Waals surface area contributed by atoms with Crippen LogP contribution >= 0.6 is 0 Å². The van der Waals surface area contributed by atoms with Crippen LogP contribution in [0.4, 0.5) is 0 Å². The zero-order chi connectivity index (χ0) is 27.7. The Morgan fingerprint density at radius 2 is 1.50 bits per heavy atom. The first-order valence-electron chi connectivity index (χ1n) is 13.9. The lowest BCUT2D eigenvalue weighted by molar-refractivity contribution is -0.289. The standard InChI is InChI=1S/C31H40O7/c1-18(32)36-23-12-13-28(3,4)26-25(38-27(35)20-10-8-7-9-11-20)24(37-19(2)33)21-16-22(34)29(5)14-15-31(21,17-29)30(23,26)6/h7-11,21,23-26H,12-17H2,1-6H3/t21-,23-,24-,25-,26+,29-,30+,31-/m0/s1. The Morgan fingerprint density at radius 3 is 2.13 bits per heavy atom. The average molecular weight is 525 g/mol. The second-order valence-corrected chi connectivity index (χ2v) is 13.3. The van der Waals surface area contributed by atoms with Crippen molar-refractivity contribution >= 4 is 23.7 Å². The Morgan fingerprint density at radius 1 is 0.842 bits per heavy atom. The van der Waals surface area contributed by atoms with E-state index in [-0.39, 0.29) is 35.4 Å². The molecule has 4 saturated carbocycles. The van der Waals surface area contributed by atoms with E-state index in [9.17, 15) is 19.2 Å². The maximum atomic E-state index is 13.5. The fourth-order valence-electron chi connectivity index (χ4n) is 9.29. The summed E-state index contributed by atoms with van der Waals surface area (Å²) in [6.45, 7) is 11.4. The molecule has 0 N–H and O–H groups in total. The van der Waals surface area contributed by atoms with E-state index in [1.165, 1.54) is 13.8 Å². The first-order valence-corrected chi connectivity index (χ1v) is 13.9. The molecule has 1 aromatic carbocycles. The number of benzene rings is 1. The summed E-state index contributed by atoms with van der Waals surface area (Å²) in [5.41, 5.74) is -1.36. The summed E-state index contributed by atoms with van der Waals surface area (Å²) in [4.78, 5) is 52.0. The van der Waals surface area contributed by atoms with Crippen LogP contribution in [0, 0.1) is 33.5 Å². The van der Waals surface area contributed by atoms with E-state index >= 15 is 0 Å². The number of carbonyl (C=O) groups excluding carboxylic acids is 4. The fraction of sp³-hybridized carbons (Fsp3) is 0.677. The second kappa shape index (κ2) is 8.92. The van der Waals surface area contributed by atoms with Gasteiger partial charge in [0, 0.05) is 42.9 Å². The lowest BCUT2D eigenvalue weighted by Gasteiger charge is -2.70. The molecule has 0 aliphatic heterocycles. The van der Waals surface area contributed by atoms with Gasteiger partial charge in [-0.3, -0.25) is 14.4 Å². The normalized spacial score (nSPS) is 40.9. The second-order valence-electron chi connectivity index (χ2n) is 13.3. The predicted molar refractivity (Wildman–Crippen MR) is 139 cm³/mol. The molecule has 4 aliphatic carbocycles. The molecule has 8 atom stereocenters. The van der Waals surface area contributed by atoms with E-state index in [1.807, 2.05) is 6.07 Å². The molecule has 0 unspecified atom stereocenters. The highest BCUT2D eigenvalue weighted by atomic mass is 16.6. The number of fused-ring (bicyclic) bond motifs is 2. The first-order chi connectivity index (χ1) is 17.7. The van der Waals surface area contributed by atoms with Crippen molar-refractivity contribution in [2.75, 3.05) is 0 Å². The minimum absolute atomic E-state index is 0.169. The third-order valence-corrected chi connectivity index (χ3v) is 10.8. The molecule has 1 aromatic rings. The van der Waals surface area contributed by atoms with Crippen LogP contribution in [0.1, 0.15) is 90.4 Å². The number of ketones is 1. The van der Waals surface area contributed by atoms with Crippen molar-refractivity contribution in [2.24, 2.45) is 33.5 Å². The Bertz CT molecular complexity index is 1160. The van der Waals surface area contributed by atoms with Crippen molar-refractivity contribution in [1.82, 2.24) is 0 Å². The highest BCUT2D eigenvalue weighted by Gasteiger charge is 2.77. The van der Waals surface area contributed by atoms with E-state index in [1.54, 1.807) is 24.3 Å². The van der Waals surface area contributed by atoms with Crippen LogP contribution in [-0.4, -0.2) is 42.0 Å². The number of hydrogen-bond acceptors (Lipinski definition) is 7. The minimum atomic E-state index is -0.793. The van der Waals surface area contributed by atoms with E-state index in [4.69, 9.17) is 14.2 Å². The first kappa shape index (κ1) is 26.9. The van der Waals surface area contributed by atoms with Crippen molar-refractivity contribution in [2.45, 2.75) is 98.4 Å². The SMILES string of the molecule is CC(=O)O[C@@H]1[C@H](OC(=O)c2ccccc2)[C@@H]2C(C)(C)CC[C@H](OC(C)=O)[C@@]2(C)[C@@]23CC[C@@](C)(C2)C(=O)C[C@@H]13. The van der Waals surface area contributed by atoms with Gasteiger partial charge >= 0.3 is 17.9 Å². The van der Waals surface area contributed by atoms with Gasteiger partial charge in [0.05, 0.1) is 5.56 Å². The summed E-state index contributed by atoms with van der Waals surface area (Å²) in [5, 5.41) is 0. The van der Waals surface area contributed by atoms with Crippen LogP contribution in [0.2, 0.25) is 0 Å². The van der Waals surface area contributed by atoms with Gasteiger partial charge in [-0.1, -0.05) is 45.9 Å². The summed E-state index contributed by atoms with van der Waals surface area (Å²) in [5.74, 6) is -1.72. The van der Waals surface area contributed by atoms with Gasteiger partial charge in [0.2, 0.25) is 0 Å². The van der Waals surface area contributed by atoms with Crippen LogP contribution < -0.4 is 0 Å². The lowest BCUT2D eigenvalue weighted by Crippen LogP contribution is -2.73. The van der Waals surface area contributed by atoms with Crippen LogP contribution in [0.15, 0.2) is 30.3 Å². The summed E-state index contributed by atoms with van der Waals surface area (Å²) in [7, 11) is 0. The van der Waals surface area contributed by atoms with Crippen molar-refractivity contribution < 1.29 is 33.4 Å². The number of hydrogen-bond donors (Lipinski definition) is 0. The molecule has 38 heavy (non-hydrogen) atoms. The van der Waals surface area contributed by atoms with Gasteiger partial charge in [0.15, 0.2) is 0 Å². The van der Waals surface area contributed by atoms with E-state index in [2.05, 4.69) is 27.7 Å². The Labute approximate surface area is 225 Å². The van der Waals surface area contributed by atoms with Crippen molar-refractivity contribution in [3.8, 4) is 0 Å². The minimum Gasteiger partial charge on any atom is -0.462 e. The van der Waals surface area contributed by atoms with Gasteiger partial charge in [0.1, 0.15) is 24.1 Å². The Balaban J connectivity index is 1.71. The predicted octanol–water partition coefficient (Wildman–Crippen LogP) is 5.30. The van der Waals surface area contributed by atoms with Crippen molar-refractivity contribution in [3.63, 3.8) is 0 Å². The Kier molecular flexibility index (Phi) is 6.31. The molecule has 0 aromatic heterocycles.